The van der Waals surface area contributed by atoms with E-state index in [1.807, 2.05) is 0 Å². The lowest BCUT2D eigenvalue weighted by Gasteiger charge is -2.07. The molecule has 3 nitrogen and oxygen atoms in total. The van der Waals surface area contributed by atoms with Crippen LogP contribution in [0.5, 0.6) is 5.75 Å². The Kier molecular flexibility index (Phi) is 4.16. The maximum Gasteiger partial charge on any atom is 0.338 e. The number of phenols is 1. The van der Waals surface area contributed by atoms with Gasteiger partial charge >= 0.3 is 5.97 Å². The Morgan fingerprint density at radius 2 is 1.89 bits per heavy atom. The second-order valence-corrected chi connectivity index (χ2v) is 4.71. The molecular weight excluding hydrogens is 315 g/mol. The van der Waals surface area contributed by atoms with Crippen molar-refractivity contribution < 1.29 is 19.0 Å². The molecule has 0 radical (unpaired) electrons. The van der Waals surface area contributed by atoms with Crippen LogP contribution in [0.4, 0.5) is 4.39 Å². The molecule has 1 N–H and O–H groups in total. The first-order chi connectivity index (χ1) is 9.06. The molecule has 0 aliphatic carbocycles. The number of hydrogen-bond donors (Lipinski definition) is 1. The van der Waals surface area contributed by atoms with Gasteiger partial charge in [-0.25, -0.2) is 9.18 Å². The summed E-state index contributed by atoms with van der Waals surface area (Å²) >= 11 is 3.20. The molecule has 0 fully saturated rings. The highest BCUT2D eigenvalue weighted by Gasteiger charge is 2.09. The molecule has 2 aromatic rings. The number of esters is 1. The lowest BCUT2D eigenvalue weighted by Crippen LogP contribution is -2.05. The van der Waals surface area contributed by atoms with Crippen LogP contribution in [0.1, 0.15) is 15.9 Å². The smallest absolute Gasteiger partial charge is 0.338 e. The van der Waals surface area contributed by atoms with E-state index in [9.17, 15) is 9.18 Å². The van der Waals surface area contributed by atoms with Gasteiger partial charge in [0.2, 0.25) is 0 Å². The minimum atomic E-state index is -0.503. The third-order valence-electron chi connectivity index (χ3n) is 2.48. The Bertz CT molecular complexity index is 596. The van der Waals surface area contributed by atoms with Crippen molar-refractivity contribution in [3.8, 4) is 5.75 Å². The molecule has 0 aliphatic rings. The van der Waals surface area contributed by atoms with E-state index in [1.165, 1.54) is 36.4 Å². The summed E-state index contributed by atoms with van der Waals surface area (Å²) in [4.78, 5) is 11.7. The number of benzene rings is 2. The highest BCUT2D eigenvalue weighted by molar-refractivity contribution is 9.10. The summed E-state index contributed by atoms with van der Waals surface area (Å²) in [6, 6.07) is 9.91. The molecule has 0 saturated carbocycles. The van der Waals surface area contributed by atoms with E-state index in [0.717, 1.165) is 0 Å². The third-order valence-corrected chi connectivity index (χ3v) is 3.22. The van der Waals surface area contributed by atoms with E-state index in [2.05, 4.69) is 15.9 Å². The molecule has 0 aromatic heterocycles. The fourth-order valence-corrected chi connectivity index (χ4v) is 1.93. The van der Waals surface area contributed by atoms with Crippen molar-refractivity contribution in [2.24, 2.45) is 0 Å². The largest absolute Gasteiger partial charge is 0.508 e. The van der Waals surface area contributed by atoms with Crippen LogP contribution < -0.4 is 0 Å². The standard InChI is InChI=1S/C14H10BrFO3/c15-13-7-11(16)4-1-10(13)8-19-14(18)9-2-5-12(17)6-3-9/h1-7,17H,8H2. The topological polar surface area (TPSA) is 46.5 Å². The van der Waals surface area contributed by atoms with Crippen LogP contribution in [0, 0.1) is 5.82 Å². The zero-order valence-corrected chi connectivity index (χ0v) is 11.4. The number of carbonyl (C=O) groups excluding carboxylic acids is 1. The van der Waals surface area contributed by atoms with Gasteiger partial charge in [-0.05, 0) is 36.4 Å². The Balaban J connectivity index is 2.02. The summed E-state index contributed by atoms with van der Waals surface area (Å²) < 4.78 is 18.5. The van der Waals surface area contributed by atoms with Gasteiger partial charge in [-0.1, -0.05) is 22.0 Å². The van der Waals surface area contributed by atoms with Gasteiger partial charge in [0.25, 0.3) is 0 Å². The van der Waals surface area contributed by atoms with Crippen molar-refractivity contribution in [1.82, 2.24) is 0 Å². The lowest BCUT2D eigenvalue weighted by atomic mass is 10.2. The summed E-state index contributed by atoms with van der Waals surface area (Å²) in [5.41, 5.74) is 1.02. The Morgan fingerprint density at radius 1 is 1.21 bits per heavy atom. The van der Waals surface area contributed by atoms with Gasteiger partial charge < -0.3 is 9.84 Å². The molecular formula is C14H10BrFO3. The molecule has 0 amide bonds. The Morgan fingerprint density at radius 3 is 2.53 bits per heavy atom. The number of hydrogen-bond acceptors (Lipinski definition) is 3. The van der Waals surface area contributed by atoms with Crippen molar-refractivity contribution in [2.45, 2.75) is 6.61 Å². The van der Waals surface area contributed by atoms with Crippen molar-refractivity contribution in [2.75, 3.05) is 0 Å². The zero-order valence-electron chi connectivity index (χ0n) is 9.77. The van der Waals surface area contributed by atoms with Crippen LogP contribution in [0.3, 0.4) is 0 Å². The summed E-state index contributed by atoms with van der Waals surface area (Å²) in [7, 11) is 0. The van der Waals surface area contributed by atoms with E-state index in [0.29, 0.717) is 15.6 Å². The minimum Gasteiger partial charge on any atom is -0.508 e. The maximum absolute atomic E-state index is 12.9. The maximum atomic E-state index is 12.9. The first kappa shape index (κ1) is 13.5. The quantitative estimate of drug-likeness (QED) is 0.876. The highest BCUT2D eigenvalue weighted by Crippen LogP contribution is 2.19. The zero-order chi connectivity index (χ0) is 13.8. The minimum absolute atomic E-state index is 0.0422. The third kappa shape index (κ3) is 3.54. The van der Waals surface area contributed by atoms with Gasteiger partial charge in [-0.15, -0.1) is 0 Å². The van der Waals surface area contributed by atoms with Crippen molar-refractivity contribution in [1.29, 1.82) is 0 Å². The molecule has 98 valence electrons. The van der Waals surface area contributed by atoms with E-state index in [4.69, 9.17) is 9.84 Å². The monoisotopic (exact) mass is 324 g/mol. The van der Waals surface area contributed by atoms with Gasteiger partial charge in [-0.2, -0.15) is 0 Å². The highest BCUT2D eigenvalue weighted by atomic mass is 79.9. The van der Waals surface area contributed by atoms with Crippen molar-refractivity contribution in [3.63, 3.8) is 0 Å². The van der Waals surface area contributed by atoms with Crippen molar-refractivity contribution in [3.05, 3.63) is 63.9 Å². The van der Waals surface area contributed by atoms with Gasteiger partial charge in [0.15, 0.2) is 0 Å². The van der Waals surface area contributed by atoms with Crippen molar-refractivity contribution >= 4 is 21.9 Å². The average Bonchev–Trinajstić information content (AvgIpc) is 2.38. The summed E-state index contributed by atoms with van der Waals surface area (Å²) in [5, 5.41) is 9.11. The number of phenolic OH excluding ortho intramolecular Hbond substituents is 1. The molecule has 0 aliphatic heterocycles. The second-order valence-electron chi connectivity index (χ2n) is 3.86. The Hall–Kier alpha value is -1.88. The molecule has 0 atom stereocenters. The number of rotatable bonds is 3. The summed E-state index contributed by atoms with van der Waals surface area (Å²) in [5.74, 6) is -0.783. The summed E-state index contributed by atoms with van der Waals surface area (Å²) in [6.45, 7) is 0.0422. The van der Waals surface area contributed by atoms with Crippen LogP contribution >= 0.6 is 15.9 Å². The predicted molar refractivity (Wildman–Crippen MR) is 71.3 cm³/mol. The molecule has 19 heavy (non-hydrogen) atoms. The molecule has 5 heteroatoms. The van der Waals surface area contributed by atoms with Crippen LogP contribution in [-0.4, -0.2) is 11.1 Å². The van der Waals surface area contributed by atoms with E-state index >= 15 is 0 Å². The second kappa shape index (κ2) is 5.84. The van der Waals surface area contributed by atoms with Gasteiger partial charge in [0, 0.05) is 10.0 Å². The number of ether oxygens (including phenoxy) is 1. The van der Waals surface area contributed by atoms with Crippen LogP contribution in [0.2, 0.25) is 0 Å². The molecule has 2 rings (SSSR count). The molecule has 0 bridgehead atoms. The molecule has 0 spiro atoms. The predicted octanol–water partition coefficient (Wildman–Crippen LogP) is 3.65. The molecule has 0 saturated heterocycles. The first-order valence-electron chi connectivity index (χ1n) is 5.46. The van der Waals surface area contributed by atoms with Gasteiger partial charge in [0.05, 0.1) is 5.56 Å². The fraction of sp³-hybridized carbons (Fsp3) is 0.0714. The van der Waals surface area contributed by atoms with E-state index < -0.39 is 5.97 Å². The normalized spacial score (nSPS) is 10.2. The number of carbonyl (C=O) groups is 1. The molecule has 0 unspecified atom stereocenters. The Labute approximate surface area is 117 Å². The number of aromatic hydroxyl groups is 1. The van der Waals surface area contributed by atoms with E-state index in [-0.39, 0.29) is 18.2 Å². The molecule has 0 heterocycles. The average molecular weight is 325 g/mol. The first-order valence-corrected chi connectivity index (χ1v) is 6.25. The fourth-order valence-electron chi connectivity index (χ4n) is 1.46. The SMILES string of the molecule is O=C(OCc1ccc(F)cc1Br)c1ccc(O)cc1. The van der Waals surface area contributed by atoms with Gasteiger partial charge in [-0.3, -0.25) is 0 Å². The van der Waals surface area contributed by atoms with Crippen LogP contribution in [0.15, 0.2) is 46.9 Å². The van der Waals surface area contributed by atoms with Crippen LogP contribution in [0.25, 0.3) is 0 Å². The number of halogens is 2. The van der Waals surface area contributed by atoms with Crippen LogP contribution in [-0.2, 0) is 11.3 Å². The van der Waals surface area contributed by atoms with E-state index in [1.54, 1.807) is 6.07 Å². The summed E-state index contributed by atoms with van der Waals surface area (Å²) in [6.07, 6.45) is 0. The lowest BCUT2D eigenvalue weighted by molar-refractivity contribution is 0.0472. The molecule has 2 aromatic carbocycles. The van der Waals surface area contributed by atoms with Gasteiger partial charge in [0.1, 0.15) is 18.2 Å².